The molecule has 0 bridgehead atoms. The van der Waals surface area contributed by atoms with Gasteiger partial charge >= 0.3 is 0 Å². The predicted octanol–water partition coefficient (Wildman–Crippen LogP) is 2.67. The SMILES string of the molecule is CSOCc1cc(F)cnc1Cl. The van der Waals surface area contributed by atoms with Crippen LogP contribution in [0.5, 0.6) is 0 Å². The molecule has 1 aromatic rings. The van der Waals surface area contributed by atoms with Crippen LogP contribution in [0.1, 0.15) is 5.56 Å². The van der Waals surface area contributed by atoms with Crippen molar-refractivity contribution in [3.8, 4) is 0 Å². The second-order valence-electron chi connectivity index (χ2n) is 2.03. The van der Waals surface area contributed by atoms with Gasteiger partial charge in [-0.15, -0.1) is 0 Å². The van der Waals surface area contributed by atoms with Gasteiger partial charge in [-0.1, -0.05) is 11.6 Å². The van der Waals surface area contributed by atoms with Crippen molar-refractivity contribution in [2.24, 2.45) is 0 Å². The van der Waals surface area contributed by atoms with E-state index in [1.165, 1.54) is 18.1 Å². The lowest BCUT2D eigenvalue weighted by molar-refractivity contribution is 0.364. The molecule has 66 valence electrons. The normalized spacial score (nSPS) is 10.2. The first-order valence-corrected chi connectivity index (χ1v) is 4.72. The highest BCUT2D eigenvalue weighted by Gasteiger charge is 2.02. The summed E-state index contributed by atoms with van der Waals surface area (Å²) in [6.45, 7) is 0.269. The van der Waals surface area contributed by atoms with Gasteiger partial charge in [0.1, 0.15) is 11.0 Å². The van der Waals surface area contributed by atoms with Gasteiger partial charge < -0.3 is 4.18 Å². The van der Waals surface area contributed by atoms with Crippen LogP contribution in [0.4, 0.5) is 4.39 Å². The molecule has 0 spiro atoms. The van der Waals surface area contributed by atoms with Crippen molar-refractivity contribution in [3.05, 3.63) is 28.8 Å². The van der Waals surface area contributed by atoms with Crippen molar-refractivity contribution in [1.29, 1.82) is 0 Å². The molecule has 0 aliphatic rings. The molecule has 2 nitrogen and oxygen atoms in total. The zero-order chi connectivity index (χ0) is 8.97. The summed E-state index contributed by atoms with van der Waals surface area (Å²) in [7, 11) is 0. The minimum Gasteiger partial charge on any atom is -0.311 e. The fraction of sp³-hybridized carbons (Fsp3) is 0.286. The van der Waals surface area contributed by atoms with Crippen LogP contribution in [-0.2, 0) is 10.8 Å². The van der Waals surface area contributed by atoms with Gasteiger partial charge in [0.15, 0.2) is 0 Å². The standard InChI is InChI=1S/C7H7ClFNOS/c1-12-11-4-5-2-6(9)3-10-7(5)8/h2-3H,4H2,1H3. The Hall–Kier alpha value is -0.320. The van der Waals surface area contributed by atoms with Gasteiger partial charge in [0.25, 0.3) is 0 Å². The first-order chi connectivity index (χ1) is 5.74. The molecule has 12 heavy (non-hydrogen) atoms. The zero-order valence-corrected chi connectivity index (χ0v) is 7.95. The van der Waals surface area contributed by atoms with Crippen molar-refractivity contribution in [2.75, 3.05) is 6.26 Å². The molecule has 0 aromatic carbocycles. The third kappa shape index (κ3) is 2.62. The average Bonchev–Trinajstić information content (AvgIpc) is 2.07. The number of aromatic nitrogens is 1. The highest BCUT2D eigenvalue weighted by molar-refractivity contribution is 7.93. The average molecular weight is 208 g/mol. The minimum absolute atomic E-state index is 0.269. The molecular formula is C7H7ClFNOS. The van der Waals surface area contributed by atoms with Crippen LogP contribution in [0.2, 0.25) is 5.15 Å². The van der Waals surface area contributed by atoms with Gasteiger partial charge in [0.05, 0.1) is 12.8 Å². The summed E-state index contributed by atoms with van der Waals surface area (Å²) in [6.07, 6.45) is 2.85. The first-order valence-electron chi connectivity index (χ1n) is 3.19. The maximum atomic E-state index is 12.6. The summed E-state index contributed by atoms with van der Waals surface area (Å²) in [4.78, 5) is 3.63. The summed E-state index contributed by atoms with van der Waals surface area (Å²) in [6, 6.07) is 1.31. The Bertz CT molecular complexity index is 272. The van der Waals surface area contributed by atoms with E-state index in [0.29, 0.717) is 5.56 Å². The van der Waals surface area contributed by atoms with E-state index in [9.17, 15) is 4.39 Å². The topological polar surface area (TPSA) is 22.1 Å². The molecule has 0 saturated heterocycles. The third-order valence-corrected chi connectivity index (χ3v) is 1.90. The fourth-order valence-corrected chi connectivity index (χ4v) is 1.09. The monoisotopic (exact) mass is 207 g/mol. The van der Waals surface area contributed by atoms with Gasteiger partial charge in [0, 0.05) is 11.8 Å². The smallest absolute Gasteiger partial charge is 0.141 e. The van der Waals surface area contributed by atoms with Crippen molar-refractivity contribution in [1.82, 2.24) is 4.98 Å². The molecule has 0 radical (unpaired) electrons. The van der Waals surface area contributed by atoms with Crippen molar-refractivity contribution in [3.63, 3.8) is 0 Å². The second-order valence-corrected chi connectivity index (χ2v) is 2.96. The van der Waals surface area contributed by atoms with Crippen LogP contribution in [0.15, 0.2) is 12.3 Å². The van der Waals surface area contributed by atoms with E-state index < -0.39 is 5.82 Å². The van der Waals surface area contributed by atoms with Crippen LogP contribution in [0.3, 0.4) is 0 Å². The maximum Gasteiger partial charge on any atom is 0.141 e. The van der Waals surface area contributed by atoms with E-state index in [1.54, 1.807) is 6.26 Å². The number of nitrogens with zero attached hydrogens (tertiary/aromatic N) is 1. The van der Waals surface area contributed by atoms with Crippen molar-refractivity contribution < 1.29 is 8.57 Å². The van der Waals surface area contributed by atoms with E-state index in [1.807, 2.05) is 0 Å². The van der Waals surface area contributed by atoms with Crippen molar-refractivity contribution >= 4 is 23.6 Å². The lowest BCUT2D eigenvalue weighted by atomic mass is 10.3. The Morgan fingerprint density at radius 2 is 2.50 bits per heavy atom. The number of halogens is 2. The molecule has 1 aromatic heterocycles. The molecule has 0 N–H and O–H groups in total. The molecule has 0 fully saturated rings. The molecule has 0 saturated carbocycles. The first kappa shape index (κ1) is 9.77. The molecular weight excluding hydrogens is 201 g/mol. The quantitative estimate of drug-likeness (QED) is 0.562. The van der Waals surface area contributed by atoms with E-state index in [0.717, 1.165) is 6.20 Å². The Morgan fingerprint density at radius 3 is 3.17 bits per heavy atom. The number of hydrogen-bond donors (Lipinski definition) is 0. The van der Waals surface area contributed by atoms with Crippen LogP contribution < -0.4 is 0 Å². The largest absolute Gasteiger partial charge is 0.311 e. The van der Waals surface area contributed by atoms with Gasteiger partial charge in [0.2, 0.25) is 0 Å². The Labute approximate surface area is 79.3 Å². The highest BCUT2D eigenvalue weighted by atomic mass is 35.5. The summed E-state index contributed by atoms with van der Waals surface area (Å²) < 4.78 is 17.6. The maximum absolute atomic E-state index is 12.6. The minimum atomic E-state index is -0.404. The Morgan fingerprint density at radius 1 is 1.75 bits per heavy atom. The summed E-state index contributed by atoms with van der Waals surface area (Å²) in [5.41, 5.74) is 0.561. The van der Waals surface area contributed by atoms with E-state index in [4.69, 9.17) is 15.8 Å². The summed E-state index contributed by atoms with van der Waals surface area (Å²) >= 11 is 6.87. The molecule has 1 heterocycles. The molecule has 0 unspecified atom stereocenters. The summed E-state index contributed by atoms with van der Waals surface area (Å²) in [5, 5.41) is 0.283. The summed E-state index contributed by atoms with van der Waals surface area (Å²) in [5.74, 6) is -0.404. The van der Waals surface area contributed by atoms with E-state index in [-0.39, 0.29) is 11.8 Å². The molecule has 0 aliphatic heterocycles. The zero-order valence-electron chi connectivity index (χ0n) is 6.38. The number of pyridine rings is 1. The third-order valence-electron chi connectivity index (χ3n) is 1.21. The number of hydrogen-bond acceptors (Lipinski definition) is 3. The van der Waals surface area contributed by atoms with Gasteiger partial charge in [-0.3, -0.25) is 0 Å². The Balaban J connectivity index is 2.75. The molecule has 1 rings (SSSR count). The Kier molecular flexibility index (Phi) is 3.78. The van der Waals surface area contributed by atoms with Crippen LogP contribution >= 0.6 is 23.6 Å². The van der Waals surface area contributed by atoms with Gasteiger partial charge in [-0.2, -0.15) is 0 Å². The lowest BCUT2D eigenvalue weighted by Crippen LogP contribution is -1.91. The van der Waals surface area contributed by atoms with Crippen LogP contribution in [0.25, 0.3) is 0 Å². The number of rotatable bonds is 3. The van der Waals surface area contributed by atoms with Crippen LogP contribution in [0, 0.1) is 5.82 Å². The van der Waals surface area contributed by atoms with Crippen LogP contribution in [-0.4, -0.2) is 11.2 Å². The van der Waals surface area contributed by atoms with Gasteiger partial charge in [-0.05, 0) is 18.1 Å². The van der Waals surface area contributed by atoms with Crippen molar-refractivity contribution in [2.45, 2.75) is 6.61 Å². The second kappa shape index (κ2) is 4.64. The molecule has 5 heteroatoms. The van der Waals surface area contributed by atoms with E-state index >= 15 is 0 Å². The highest BCUT2D eigenvalue weighted by Crippen LogP contribution is 2.16. The van der Waals surface area contributed by atoms with E-state index in [2.05, 4.69) is 4.98 Å². The predicted molar refractivity (Wildman–Crippen MR) is 47.5 cm³/mol. The lowest BCUT2D eigenvalue weighted by Gasteiger charge is -2.01. The fourth-order valence-electron chi connectivity index (χ4n) is 0.688. The van der Waals surface area contributed by atoms with Gasteiger partial charge in [-0.25, -0.2) is 9.37 Å². The molecule has 0 amide bonds. The molecule has 0 aliphatic carbocycles. The molecule has 0 atom stereocenters.